The number of carboxylic acid groups (broad SMARTS) is 1. The van der Waals surface area contributed by atoms with Gasteiger partial charge in [-0.2, -0.15) is 0 Å². The van der Waals surface area contributed by atoms with Crippen LogP contribution in [0.5, 0.6) is 0 Å². The second kappa shape index (κ2) is 10.5. The number of nitrogens with zero attached hydrogens (tertiary/aromatic N) is 2. The quantitative estimate of drug-likeness (QED) is 0.363. The Balaban J connectivity index is 2.02. The van der Waals surface area contributed by atoms with Crippen LogP contribution in [0.1, 0.15) is 31.0 Å². The third-order valence-corrected chi connectivity index (χ3v) is 5.97. The number of thiazole rings is 1. The highest BCUT2D eigenvalue weighted by Gasteiger charge is 2.33. The van der Waals surface area contributed by atoms with Crippen LogP contribution in [-0.2, 0) is 25.7 Å². The molecule has 1 aromatic rings. The number of hydrogen-bond donors (Lipinski definition) is 3. The summed E-state index contributed by atoms with van der Waals surface area (Å²) in [7, 11) is 0. The molecular formula is C18H24N4O5S2. The SMILES string of the molecule is C=C[C@H](CC(=O)O)OC(=O)[C@@H](NC(=O)[C@@H]1CSC(c2csc(CN)n2)=N1)C(C)C. The molecule has 0 unspecified atom stereocenters. The molecule has 158 valence electrons. The average Bonchev–Trinajstić information content (AvgIpc) is 3.33. The van der Waals surface area contributed by atoms with Crippen LogP contribution in [0, 0.1) is 5.92 Å². The molecule has 4 N–H and O–H groups in total. The Morgan fingerprint density at radius 2 is 2.21 bits per heavy atom. The molecule has 0 aromatic carbocycles. The summed E-state index contributed by atoms with van der Waals surface area (Å²) in [6.45, 7) is 7.34. The van der Waals surface area contributed by atoms with Crippen molar-refractivity contribution in [2.45, 2.75) is 45.0 Å². The van der Waals surface area contributed by atoms with Crippen LogP contribution < -0.4 is 11.1 Å². The van der Waals surface area contributed by atoms with Gasteiger partial charge < -0.3 is 20.9 Å². The molecule has 0 saturated carbocycles. The Morgan fingerprint density at radius 3 is 2.76 bits per heavy atom. The molecule has 0 saturated heterocycles. The van der Waals surface area contributed by atoms with E-state index in [1.165, 1.54) is 29.2 Å². The Labute approximate surface area is 176 Å². The van der Waals surface area contributed by atoms with Crippen molar-refractivity contribution in [1.29, 1.82) is 0 Å². The number of carboxylic acids is 1. The molecule has 0 spiro atoms. The molecule has 11 heteroatoms. The minimum absolute atomic E-state index is 0.259. The zero-order valence-corrected chi connectivity index (χ0v) is 17.8. The van der Waals surface area contributed by atoms with E-state index in [0.29, 0.717) is 23.0 Å². The smallest absolute Gasteiger partial charge is 0.329 e. The number of amides is 1. The molecule has 0 bridgehead atoms. The van der Waals surface area contributed by atoms with Crippen LogP contribution >= 0.6 is 23.1 Å². The maximum Gasteiger partial charge on any atom is 0.329 e. The van der Waals surface area contributed by atoms with Gasteiger partial charge in [-0.25, -0.2) is 9.78 Å². The maximum atomic E-state index is 12.6. The second-order valence-electron chi connectivity index (χ2n) is 6.63. The lowest BCUT2D eigenvalue weighted by Gasteiger charge is -2.23. The van der Waals surface area contributed by atoms with Gasteiger partial charge in [0.05, 0.1) is 6.42 Å². The Bertz CT molecular complexity index is 808. The van der Waals surface area contributed by atoms with Crippen LogP contribution in [0.3, 0.4) is 0 Å². The van der Waals surface area contributed by atoms with Crippen molar-refractivity contribution in [3.05, 3.63) is 28.7 Å². The van der Waals surface area contributed by atoms with E-state index in [2.05, 4.69) is 21.9 Å². The van der Waals surface area contributed by atoms with E-state index in [1.807, 2.05) is 5.38 Å². The molecule has 3 atom stereocenters. The van der Waals surface area contributed by atoms with Gasteiger partial charge in [0.15, 0.2) is 0 Å². The van der Waals surface area contributed by atoms with E-state index in [9.17, 15) is 14.4 Å². The first kappa shape index (κ1) is 23.0. The van der Waals surface area contributed by atoms with Gasteiger partial charge in [-0.15, -0.1) is 23.1 Å². The zero-order valence-electron chi connectivity index (χ0n) is 16.2. The number of ether oxygens (including phenoxy) is 1. The minimum Gasteiger partial charge on any atom is -0.481 e. The minimum atomic E-state index is -1.11. The number of rotatable bonds is 10. The number of aliphatic imine (C=N–C) groups is 1. The first-order chi connectivity index (χ1) is 13.7. The van der Waals surface area contributed by atoms with Crippen LogP contribution in [0.2, 0.25) is 0 Å². The molecule has 1 amide bonds. The van der Waals surface area contributed by atoms with Crippen molar-refractivity contribution in [3.63, 3.8) is 0 Å². The molecule has 0 radical (unpaired) electrons. The topological polar surface area (TPSA) is 144 Å². The first-order valence-corrected chi connectivity index (χ1v) is 10.8. The predicted octanol–water partition coefficient (Wildman–Crippen LogP) is 1.18. The van der Waals surface area contributed by atoms with Gasteiger partial charge >= 0.3 is 11.9 Å². The van der Waals surface area contributed by atoms with Gasteiger partial charge in [0.25, 0.3) is 0 Å². The molecule has 29 heavy (non-hydrogen) atoms. The Morgan fingerprint density at radius 1 is 1.48 bits per heavy atom. The van der Waals surface area contributed by atoms with Gasteiger partial charge in [-0.3, -0.25) is 14.6 Å². The second-order valence-corrected chi connectivity index (χ2v) is 8.58. The van der Waals surface area contributed by atoms with E-state index in [0.717, 1.165) is 5.01 Å². The van der Waals surface area contributed by atoms with Gasteiger partial charge in [-0.1, -0.05) is 26.5 Å². The van der Waals surface area contributed by atoms with E-state index in [4.69, 9.17) is 15.6 Å². The number of carbonyl (C=O) groups excluding carboxylic acids is 2. The molecular weight excluding hydrogens is 416 g/mol. The number of nitrogens with one attached hydrogen (secondary N) is 1. The van der Waals surface area contributed by atoms with Crippen LogP contribution in [-0.4, -0.2) is 56.9 Å². The van der Waals surface area contributed by atoms with E-state index in [-0.39, 0.29) is 12.3 Å². The molecule has 0 fully saturated rings. The lowest BCUT2D eigenvalue weighted by molar-refractivity contribution is -0.154. The number of hydrogen-bond acceptors (Lipinski definition) is 9. The molecule has 1 aromatic heterocycles. The molecule has 1 aliphatic heterocycles. The third-order valence-electron chi connectivity index (χ3n) is 4.02. The van der Waals surface area contributed by atoms with Gasteiger partial charge in [0, 0.05) is 17.7 Å². The van der Waals surface area contributed by atoms with Crippen molar-refractivity contribution in [1.82, 2.24) is 10.3 Å². The molecule has 2 heterocycles. The van der Waals surface area contributed by atoms with E-state index >= 15 is 0 Å². The number of aromatic nitrogens is 1. The summed E-state index contributed by atoms with van der Waals surface area (Å²) < 4.78 is 5.19. The van der Waals surface area contributed by atoms with Crippen LogP contribution in [0.15, 0.2) is 23.0 Å². The van der Waals surface area contributed by atoms with Gasteiger partial charge in [0.2, 0.25) is 5.91 Å². The number of thioether (sulfide) groups is 1. The lowest BCUT2D eigenvalue weighted by atomic mass is 10.0. The van der Waals surface area contributed by atoms with Gasteiger partial charge in [-0.05, 0) is 5.92 Å². The van der Waals surface area contributed by atoms with Crippen molar-refractivity contribution in [2.24, 2.45) is 16.6 Å². The number of nitrogens with two attached hydrogens (primary N) is 1. The Kier molecular flexibility index (Phi) is 8.35. The van der Waals surface area contributed by atoms with Crippen molar-refractivity contribution in [3.8, 4) is 0 Å². The fraction of sp³-hybridized carbons (Fsp3) is 0.500. The fourth-order valence-corrected chi connectivity index (χ4v) is 4.20. The predicted molar refractivity (Wildman–Crippen MR) is 112 cm³/mol. The largest absolute Gasteiger partial charge is 0.481 e. The van der Waals surface area contributed by atoms with Crippen LogP contribution in [0.25, 0.3) is 0 Å². The van der Waals surface area contributed by atoms with E-state index < -0.39 is 36.0 Å². The number of esters is 1. The summed E-state index contributed by atoms with van der Waals surface area (Å²) >= 11 is 2.85. The summed E-state index contributed by atoms with van der Waals surface area (Å²) in [6.07, 6.45) is -0.107. The molecule has 0 aliphatic carbocycles. The fourth-order valence-electron chi connectivity index (χ4n) is 2.47. The lowest BCUT2D eigenvalue weighted by Crippen LogP contribution is -2.49. The first-order valence-electron chi connectivity index (χ1n) is 8.95. The normalized spacial score (nSPS) is 18.1. The number of carbonyl (C=O) groups is 3. The molecule has 9 nitrogen and oxygen atoms in total. The van der Waals surface area contributed by atoms with Crippen LogP contribution in [0.4, 0.5) is 0 Å². The highest BCUT2D eigenvalue weighted by atomic mass is 32.2. The van der Waals surface area contributed by atoms with Crippen molar-refractivity contribution < 1.29 is 24.2 Å². The maximum absolute atomic E-state index is 12.6. The summed E-state index contributed by atoms with van der Waals surface area (Å²) in [6, 6.07) is -1.58. The molecule has 2 rings (SSSR count). The summed E-state index contributed by atoms with van der Waals surface area (Å²) in [5, 5.41) is 14.8. The third kappa shape index (κ3) is 6.38. The van der Waals surface area contributed by atoms with Gasteiger partial charge in [0.1, 0.15) is 33.9 Å². The van der Waals surface area contributed by atoms with Crippen molar-refractivity contribution >= 4 is 46.0 Å². The standard InChI is InChI=1S/C18H24N4O5S2/c1-4-10(5-14(23)24)27-18(26)15(9(2)3)22-16(25)11-7-29-17(21-11)12-8-28-13(6-19)20-12/h4,8-11,15H,1,5-7,19H2,2-3H3,(H,22,25)(H,23,24)/t10-,11+,15+/m1/s1. The number of aliphatic carboxylic acids is 1. The highest BCUT2D eigenvalue weighted by molar-refractivity contribution is 8.14. The van der Waals surface area contributed by atoms with Crippen molar-refractivity contribution in [2.75, 3.05) is 5.75 Å². The summed E-state index contributed by atoms with van der Waals surface area (Å²) in [5.74, 6) is -2.04. The Hall–Kier alpha value is -2.24. The van der Waals surface area contributed by atoms with E-state index in [1.54, 1.807) is 13.8 Å². The average molecular weight is 441 g/mol. The summed E-state index contributed by atoms with van der Waals surface area (Å²) in [4.78, 5) is 44.7. The zero-order chi connectivity index (χ0) is 21.6. The highest BCUT2D eigenvalue weighted by Crippen LogP contribution is 2.25. The molecule has 1 aliphatic rings. The monoisotopic (exact) mass is 440 g/mol. The summed E-state index contributed by atoms with van der Waals surface area (Å²) in [5.41, 5.74) is 6.27.